The van der Waals surface area contributed by atoms with E-state index in [1.807, 2.05) is 20.8 Å². The number of nitrogens with zero attached hydrogens (tertiary/aromatic N) is 2. The minimum atomic E-state index is -0.895. The van der Waals surface area contributed by atoms with E-state index in [1.165, 1.54) is 0 Å². The summed E-state index contributed by atoms with van der Waals surface area (Å²) in [6.07, 6.45) is -0.142. The first kappa shape index (κ1) is 17.8. The van der Waals surface area contributed by atoms with Crippen LogP contribution < -0.4 is 0 Å². The van der Waals surface area contributed by atoms with Gasteiger partial charge in [0.15, 0.2) is 0 Å². The molecule has 1 aromatic rings. The summed E-state index contributed by atoms with van der Waals surface area (Å²) in [5.41, 5.74) is 1.38. The summed E-state index contributed by atoms with van der Waals surface area (Å²) < 4.78 is 5.32. The normalized spacial score (nSPS) is 24.7. The van der Waals surface area contributed by atoms with Crippen molar-refractivity contribution in [2.45, 2.75) is 33.0 Å². The van der Waals surface area contributed by atoms with E-state index in [1.54, 1.807) is 23.2 Å². The number of aromatic nitrogens is 1. The van der Waals surface area contributed by atoms with Crippen molar-refractivity contribution in [1.29, 1.82) is 0 Å². The first-order chi connectivity index (χ1) is 10.9. The predicted molar refractivity (Wildman–Crippen MR) is 86.0 cm³/mol. The number of carbonyl (C=O) groups is 1. The molecule has 3 atom stereocenters. The molecule has 0 spiro atoms. The Balaban J connectivity index is 2.14. The van der Waals surface area contributed by atoms with Crippen molar-refractivity contribution in [2.24, 2.45) is 11.8 Å². The van der Waals surface area contributed by atoms with E-state index in [-0.39, 0.29) is 18.4 Å². The maximum Gasteiger partial charge on any atom is 0.253 e. The summed E-state index contributed by atoms with van der Waals surface area (Å²) in [5, 5.41) is 19.9. The van der Waals surface area contributed by atoms with Crippen LogP contribution in [0.5, 0.6) is 0 Å². The Morgan fingerprint density at radius 1 is 1.43 bits per heavy atom. The average molecular weight is 322 g/mol. The second-order valence-corrected chi connectivity index (χ2v) is 6.65. The number of aryl methyl sites for hydroxylation is 1. The standard InChI is InChI=1S/C17H26N2O4/c1-11(2)7-19(8-14-9-23-10-15(20)16(14)21)17(22)13-4-5-18-12(3)6-13/h4-6,11,14-16,20-21H,7-10H2,1-3H3/t14-,15-,16+/m1/s1. The summed E-state index contributed by atoms with van der Waals surface area (Å²) in [6, 6.07) is 3.46. The Labute approximate surface area is 137 Å². The fourth-order valence-electron chi connectivity index (χ4n) is 2.84. The smallest absolute Gasteiger partial charge is 0.253 e. The molecule has 1 amide bonds. The number of rotatable bonds is 5. The number of aliphatic hydroxyl groups is 2. The molecule has 1 saturated heterocycles. The van der Waals surface area contributed by atoms with Gasteiger partial charge < -0.3 is 19.8 Å². The number of pyridine rings is 1. The maximum absolute atomic E-state index is 12.8. The molecule has 2 rings (SSSR count). The molecule has 6 heteroatoms. The zero-order chi connectivity index (χ0) is 17.0. The van der Waals surface area contributed by atoms with Crippen LogP contribution in [0.15, 0.2) is 18.3 Å². The van der Waals surface area contributed by atoms with E-state index in [0.717, 1.165) is 5.69 Å². The monoisotopic (exact) mass is 322 g/mol. The zero-order valence-electron chi connectivity index (χ0n) is 14.0. The van der Waals surface area contributed by atoms with Crippen LogP contribution in [0.25, 0.3) is 0 Å². The number of ether oxygens (including phenoxy) is 1. The SMILES string of the molecule is Cc1cc(C(=O)N(CC(C)C)C[C@@H]2COC[C@@H](O)[C@H]2O)ccn1. The van der Waals surface area contributed by atoms with Crippen molar-refractivity contribution in [3.63, 3.8) is 0 Å². The van der Waals surface area contributed by atoms with Gasteiger partial charge in [-0.2, -0.15) is 0 Å². The molecule has 0 aromatic carbocycles. The third-order valence-electron chi connectivity index (χ3n) is 3.97. The first-order valence-corrected chi connectivity index (χ1v) is 8.04. The van der Waals surface area contributed by atoms with Crippen molar-refractivity contribution < 1.29 is 19.7 Å². The van der Waals surface area contributed by atoms with Crippen molar-refractivity contribution in [3.05, 3.63) is 29.6 Å². The molecule has 2 N–H and O–H groups in total. The molecule has 0 bridgehead atoms. The Hall–Kier alpha value is -1.50. The second-order valence-electron chi connectivity index (χ2n) is 6.65. The van der Waals surface area contributed by atoms with E-state index in [4.69, 9.17) is 4.74 Å². The second kappa shape index (κ2) is 7.86. The average Bonchev–Trinajstić information content (AvgIpc) is 2.50. The third kappa shape index (κ3) is 4.73. The summed E-state index contributed by atoms with van der Waals surface area (Å²) in [5.74, 6) is -0.0747. The van der Waals surface area contributed by atoms with Gasteiger partial charge in [0.05, 0.1) is 19.3 Å². The third-order valence-corrected chi connectivity index (χ3v) is 3.97. The quantitative estimate of drug-likeness (QED) is 0.840. The van der Waals surface area contributed by atoms with Crippen LogP contribution in [-0.4, -0.2) is 64.5 Å². The van der Waals surface area contributed by atoms with Crippen LogP contribution in [0.3, 0.4) is 0 Å². The van der Waals surface area contributed by atoms with Gasteiger partial charge in [-0.15, -0.1) is 0 Å². The minimum Gasteiger partial charge on any atom is -0.390 e. The largest absolute Gasteiger partial charge is 0.390 e. The van der Waals surface area contributed by atoms with Crippen molar-refractivity contribution in [1.82, 2.24) is 9.88 Å². The maximum atomic E-state index is 12.8. The molecule has 0 radical (unpaired) electrons. The molecule has 0 saturated carbocycles. The van der Waals surface area contributed by atoms with Crippen LogP contribution in [-0.2, 0) is 4.74 Å². The first-order valence-electron chi connectivity index (χ1n) is 8.04. The molecule has 0 aliphatic carbocycles. The number of hydrogen-bond acceptors (Lipinski definition) is 5. The predicted octanol–water partition coefficient (Wildman–Crippen LogP) is 0.856. The summed E-state index contributed by atoms with van der Waals surface area (Å²) >= 11 is 0. The molecule has 2 heterocycles. The van der Waals surface area contributed by atoms with Crippen LogP contribution in [0.2, 0.25) is 0 Å². The number of carbonyl (C=O) groups excluding carboxylic acids is 1. The van der Waals surface area contributed by atoms with Gasteiger partial charge in [0.1, 0.15) is 6.10 Å². The van der Waals surface area contributed by atoms with Gasteiger partial charge in [0, 0.05) is 36.5 Å². The van der Waals surface area contributed by atoms with E-state index in [9.17, 15) is 15.0 Å². The summed E-state index contributed by atoms with van der Waals surface area (Å²) in [6.45, 7) is 7.35. The molecule has 128 valence electrons. The highest BCUT2D eigenvalue weighted by molar-refractivity contribution is 5.94. The molecule has 1 aromatic heterocycles. The number of hydrogen-bond donors (Lipinski definition) is 2. The molecular weight excluding hydrogens is 296 g/mol. The lowest BCUT2D eigenvalue weighted by molar-refractivity contribution is -0.124. The van der Waals surface area contributed by atoms with Gasteiger partial charge in [0.25, 0.3) is 5.91 Å². The fourth-order valence-corrected chi connectivity index (χ4v) is 2.84. The highest BCUT2D eigenvalue weighted by Gasteiger charge is 2.33. The van der Waals surface area contributed by atoms with Crippen molar-refractivity contribution in [2.75, 3.05) is 26.3 Å². The molecule has 23 heavy (non-hydrogen) atoms. The Morgan fingerprint density at radius 2 is 2.17 bits per heavy atom. The molecule has 1 aliphatic rings. The molecule has 6 nitrogen and oxygen atoms in total. The molecule has 0 unspecified atom stereocenters. The number of aliphatic hydroxyl groups excluding tert-OH is 2. The lowest BCUT2D eigenvalue weighted by Gasteiger charge is -2.36. The van der Waals surface area contributed by atoms with Crippen LogP contribution in [0, 0.1) is 18.8 Å². The number of amides is 1. The van der Waals surface area contributed by atoms with Gasteiger partial charge in [-0.1, -0.05) is 13.8 Å². The summed E-state index contributed by atoms with van der Waals surface area (Å²) in [4.78, 5) is 18.7. The highest BCUT2D eigenvalue weighted by Crippen LogP contribution is 2.19. The van der Waals surface area contributed by atoms with Gasteiger partial charge in [-0.05, 0) is 25.0 Å². The molecular formula is C17H26N2O4. The van der Waals surface area contributed by atoms with E-state index >= 15 is 0 Å². The van der Waals surface area contributed by atoms with Crippen LogP contribution >= 0.6 is 0 Å². The molecule has 1 aliphatic heterocycles. The topological polar surface area (TPSA) is 82.9 Å². The van der Waals surface area contributed by atoms with Gasteiger partial charge >= 0.3 is 0 Å². The van der Waals surface area contributed by atoms with Crippen molar-refractivity contribution >= 4 is 5.91 Å². The van der Waals surface area contributed by atoms with Crippen LogP contribution in [0.1, 0.15) is 29.9 Å². The Bertz CT molecular complexity index is 535. The summed E-state index contributed by atoms with van der Waals surface area (Å²) in [7, 11) is 0. The lowest BCUT2D eigenvalue weighted by Crippen LogP contribution is -2.50. The van der Waals surface area contributed by atoms with Crippen molar-refractivity contribution in [3.8, 4) is 0 Å². The highest BCUT2D eigenvalue weighted by atomic mass is 16.5. The minimum absolute atomic E-state index is 0.0866. The van der Waals surface area contributed by atoms with Crippen LogP contribution in [0.4, 0.5) is 0 Å². The van der Waals surface area contributed by atoms with Gasteiger partial charge in [-0.25, -0.2) is 0 Å². The lowest BCUT2D eigenvalue weighted by atomic mass is 9.95. The Kier molecular flexibility index (Phi) is 6.10. The fraction of sp³-hybridized carbons (Fsp3) is 0.647. The zero-order valence-corrected chi connectivity index (χ0v) is 14.0. The van der Waals surface area contributed by atoms with E-state index < -0.39 is 12.2 Å². The van der Waals surface area contributed by atoms with E-state index in [2.05, 4.69) is 4.98 Å². The van der Waals surface area contributed by atoms with E-state index in [0.29, 0.717) is 31.2 Å². The molecule has 1 fully saturated rings. The Morgan fingerprint density at radius 3 is 2.83 bits per heavy atom. The van der Waals surface area contributed by atoms with Gasteiger partial charge in [0.2, 0.25) is 0 Å². The van der Waals surface area contributed by atoms with Gasteiger partial charge in [-0.3, -0.25) is 9.78 Å².